The number of nitrogens with zero attached hydrogens (tertiary/aromatic N) is 5. The topological polar surface area (TPSA) is 74.8 Å². The highest BCUT2D eigenvalue weighted by atomic mass is 28.3. The van der Waals surface area contributed by atoms with Crippen molar-refractivity contribution < 1.29 is 8.83 Å². The zero-order valence-electron chi connectivity index (χ0n) is 34.8. The smallest absolute Gasteiger partial charge is 0.233 e. The fourth-order valence-corrected chi connectivity index (χ4v) is 15.4. The first kappa shape index (κ1) is 35.9. The minimum atomic E-state index is -3.53. The third-order valence-corrected chi connectivity index (χ3v) is 17.9. The summed E-state index contributed by atoms with van der Waals surface area (Å²) >= 11 is 0. The van der Waals surface area contributed by atoms with Crippen LogP contribution in [-0.2, 0) is 0 Å². The van der Waals surface area contributed by atoms with E-state index in [0.29, 0.717) is 0 Å². The summed E-state index contributed by atoms with van der Waals surface area (Å²) in [5.74, 6) is 0. The highest BCUT2D eigenvalue weighted by Crippen LogP contribution is 2.40. The first-order valence-corrected chi connectivity index (χ1v) is 23.8. The molecule has 0 fully saturated rings. The molecule has 7 aromatic heterocycles. The first-order valence-electron chi connectivity index (χ1n) is 21.8. The van der Waals surface area contributed by atoms with E-state index < -0.39 is 8.07 Å². The number of furan rings is 2. The number of fused-ring (bicyclic) bond motifs is 12. The van der Waals surface area contributed by atoms with Gasteiger partial charge < -0.3 is 13.4 Å². The summed E-state index contributed by atoms with van der Waals surface area (Å²) in [5, 5.41) is 12.5. The molecule has 304 valence electrons. The minimum Gasteiger partial charge on any atom is -0.452 e. The third-order valence-electron chi connectivity index (χ3n) is 13.4. The number of aromatic nitrogens is 5. The van der Waals surface area contributed by atoms with Crippen LogP contribution in [0.15, 0.2) is 222 Å². The summed E-state index contributed by atoms with van der Waals surface area (Å²) in [7, 11) is -3.53. The van der Waals surface area contributed by atoms with Gasteiger partial charge in [-0.05, 0) is 65.0 Å². The van der Waals surface area contributed by atoms with E-state index in [0.717, 1.165) is 109 Å². The molecule has 7 nitrogen and oxygen atoms in total. The van der Waals surface area contributed by atoms with Crippen molar-refractivity contribution in [1.29, 1.82) is 0 Å². The molecule has 0 bridgehead atoms. The van der Waals surface area contributed by atoms with Crippen LogP contribution < -0.4 is 21.0 Å². The summed E-state index contributed by atoms with van der Waals surface area (Å²) in [5.41, 5.74) is 9.08. The van der Waals surface area contributed by atoms with E-state index in [9.17, 15) is 0 Å². The Morgan fingerprint density at radius 3 is 1.26 bits per heavy atom. The van der Waals surface area contributed by atoms with Gasteiger partial charge in [-0.15, -0.1) is 0 Å². The summed E-state index contributed by atoms with van der Waals surface area (Å²) in [6.45, 7) is 0. The molecule has 0 unspecified atom stereocenters. The van der Waals surface area contributed by atoms with Gasteiger partial charge in [0, 0.05) is 61.7 Å². The maximum atomic E-state index is 7.41. The minimum absolute atomic E-state index is 0.726. The molecule has 7 heterocycles. The fraction of sp³-hybridized carbons (Fsp3) is 0. The molecule has 0 aliphatic rings. The van der Waals surface area contributed by atoms with E-state index >= 15 is 0 Å². The Bertz CT molecular complexity index is 3830. The van der Waals surface area contributed by atoms with Gasteiger partial charge in [0.2, 0.25) is 8.07 Å². The Morgan fingerprint density at radius 1 is 0.308 bits per heavy atom. The molecule has 0 saturated heterocycles. The number of hydrogen-bond donors (Lipinski definition) is 0. The van der Waals surface area contributed by atoms with Gasteiger partial charge >= 0.3 is 0 Å². The molecule has 0 aliphatic carbocycles. The molecule has 0 spiro atoms. The van der Waals surface area contributed by atoms with Gasteiger partial charge in [-0.1, -0.05) is 140 Å². The second-order valence-electron chi connectivity index (χ2n) is 16.7. The van der Waals surface area contributed by atoms with Crippen molar-refractivity contribution in [2.75, 3.05) is 0 Å². The average Bonchev–Trinajstić information content (AvgIpc) is 4.14. The van der Waals surface area contributed by atoms with E-state index in [1.165, 1.54) is 10.8 Å². The Balaban J connectivity index is 1.10. The van der Waals surface area contributed by atoms with Crippen molar-refractivity contribution in [2.45, 2.75) is 0 Å². The second kappa shape index (κ2) is 13.7. The van der Waals surface area contributed by atoms with Gasteiger partial charge in [0.05, 0.1) is 38.6 Å². The number of para-hydroxylation sites is 5. The van der Waals surface area contributed by atoms with E-state index in [1.807, 2.05) is 24.7 Å². The predicted molar refractivity (Wildman–Crippen MR) is 267 cm³/mol. The van der Waals surface area contributed by atoms with E-state index in [-0.39, 0.29) is 0 Å². The van der Waals surface area contributed by atoms with Gasteiger partial charge in [0.25, 0.3) is 0 Å². The number of pyridine rings is 3. The molecular formula is C57H35N5O2Si. The van der Waals surface area contributed by atoms with Gasteiger partial charge in [0.1, 0.15) is 5.65 Å². The SMILES string of the molecule is c1ccc([Si](c2ccccc2)(c2nccc3c2oc2c(-n4c5ccccc5c5ccccc54)cccc23)c2nccc3c2oc2c(-n4c5ccccc5c5cccnc54)cccc23)cc1. The van der Waals surface area contributed by atoms with Crippen LogP contribution in [0.1, 0.15) is 0 Å². The van der Waals surface area contributed by atoms with E-state index in [2.05, 4.69) is 197 Å². The van der Waals surface area contributed by atoms with E-state index in [4.69, 9.17) is 23.8 Å². The molecule has 14 rings (SSSR count). The van der Waals surface area contributed by atoms with E-state index in [1.54, 1.807) is 0 Å². The Hall–Kier alpha value is -8.59. The molecule has 0 radical (unpaired) electrons. The lowest BCUT2D eigenvalue weighted by atomic mass is 10.1. The molecule has 8 heteroatoms. The van der Waals surface area contributed by atoms with Gasteiger partial charge in [-0.25, -0.2) is 4.98 Å². The van der Waals surface area contributed by atoms with Crippen molar-refractivity contribution in [1.82, 2.24) is 24.1 Å². The highest BCUT2D eigenvalue weighted by Gasteiger charge is 2.49. The third kappa shape index (κ3) is 4.91. The summed E-state index contributed by atoms with van der Waals surface area (Å²) in [4.78, 5) is 15.8. The Labute approximate surface area is 372 Å². The molecule has 0 aliphatic heterocycles. The second-order valence-corrected chi connectivity index (χ2v) is 20.3. The van der Waals surface area contributed by atoms with Crippen molar-refractivity contribution in [2.24, 2.45) is 0 Å². The lowest BCUT2D eigenvalue weighted by Gasteiger charge is -2.31. The van der Waals surface area contributed by atoms with Crippen LogP contribution in [0.4, 0.5) is 0 Å². The van der Waals surface area contributed by atoms with Crippen LogP contribution in [-0.4, -0.2) is 32.2 Å². The number of rotatable bonds is 6. The monoisotopic (exact) mass is 849 g/mol. The fourth-order valence-electron chi connectivity index (χ4n) is 10.7. The average molecular weight is 850 g/mol. The molecule has 0 amide bonds. The largest absolute Gasteiger partial charge is 0.452 e. The lowest BCUT2D eigenvalue weighted by molar-refractivity contribution is 0.666. The van der Waals surface area contributed by atoms with Gasteiger partial charge in [-0.3, -0.25) is 14.5 Å². The zero-order valence-corrected chi connectivity index (χ0v) is 35.8. The summed E-state index contributed by atoms with van der Waals surface area (Å²) < 4.78 is 19.4. The normalized spacial score (nSPS) is 12.3. The Morgan fingerprint density at radius 2 is 0.723 bits per heavy atom. The molecule has 0 N–H and O–H groups in total. The van der Waals surface area contributed by atoms with Crippen molar-refractivity contribution in [3.8, 4) is 11.4 Å². The van der Waals surface area contributed by atoms with Crippen LogP contribution in [0.25, 0.3) is 99.0 Å². The van der Waals surface area contributed by atoms with Crippen LogP contribution in [0.3, 0.4) is 0 Å². The quantitative estimate of drug-likeness (QED) is 0.156. The molecule has 0 saturated carbocycles. The number of benzene rings is 7. The number of hydrogen-bond acceptors (Lipinski definition) is 5. The van der Waals surface area contributed by atoms with Crippen molar-refractivity contribution >= 4 is 117 Å². The maximum Gasteiger partial charge on any atom is 0.233 e. The van der Waals surface area contributed by atoms with Crippen LogP contribution >= 0.6 is 0 Å². The highest BCUT2D eigenvalue weighted by molar-refractivity contribution is 7.20. The lowest BCUT2D eigenvalue weighted by Crippen LogP contribution is -2.76. The van der Waals surface area contributed by atoms with Gasteiger partial charge in [-0.2, -0.15) is 0 Å². The summed E-state index contributed by atoms with van der Waals surface area (Å²) in [6.07, 6.45) is 5.74. The van der Waals surface area contributed by atoms with Crippen LogP contribution in [0, 0.1) is 0 Å². The Kier molecular flexibility index (Phi) is 7.58. The predicted octanol–water partition coefficient (Wildman–Crippen LogP) is 11.2. The van der Waals surface area contributed by atoms with Crippen molar-refractivity contribution in [3.63, 3.8) is 0 Å². The van der Waals surface area contributed by atoms with Crippen LogP contribution in [0.2, 0.25) is 0 Å². The molecule has 7 aromatic carbocycles. The molecular weight excluding hydrogens is 815 g/mol. The maximum absolute atomic E-state index is 7.41. The molecule has 0 atom stereocenters. The molecule has 65 heavy (non-hydrogen) atoms. The summed E-state index contributed by atoms with van der Waals surface area (Å²) in [6, 6.07) is 68.4. The van der Waals surface area contributed by atoms with Crippen LogP contribution in [0.5, 0.6) is 0 Å². The van der Waals surface area contributed by atoms with Gasteiger partial charge in [0.15, 0.2) is 22.3 Å². The van der Waals surface area contributed by atoms with Crippen molar-refractivity contribution in [3.05, 3.63) is 213 Å². The molecule has 14 aromatic rings. The zero-order chi connectivity index (χ0) is 42.6. The standard InChI is InChI=1S/C57H35N5O2Si/c1-3-16-36(17-4-1)65(37-18-5-2-6-19-37,56-53-43(31-34-59-56)41-23-13-29-49(51(41)63-53)61-46-26-10-7-20-38(46)39-21-8-11-27-47(39)61)57-54-44(32-35-60-57)42-24-14-30-50(52(42)64-54)62-48-28-12-9-22-40(48)45-25-15-33-58-55(45)62/h1-35H. The first-order chi connectivity index (χ1) is 32.3.